The lowest BCUT2D eigenvalue weighted by molar-refractivity contribution is -0.246. The topological polar surface area (TPSA) is 44.7 Å². The molecule has 3 nitrogen and oxygen atoms in total. The summed E-state index contributed by atoms with van der Waals surface area (Å²) in [5.41, 5.74) is 1.03. The van der Waals surface area contributed by atoms with E-state index in [-0.39, 0.29) is 6.04 Å². The van der Waals surface area contributed by atoms with Gasteiger partial charge >= 0.3 is 0 Å². The molecule has 0 saturated carbocycles. The summed E-state index contributed by atoms with van der Waals surface area (Å²) in [5, 5.41) is 10.6. The van der Waals surface area contributed by atoms with Gasteiger partial charge in [0.2, 0.25) is 0 Å². The molecular weight excluding hydrogens is 154 g/mol. The normalized spacial score (nSPS) is 21.7. The van der Waals surface area contributed by atoms with E-state index in [1.54, 1.807) is 0 Å². The highest BCUT2D eigenvalue weighted by molar-refractivity contribution is 5.64. The van der Waals surface area contributed by atoms with Gasteiger partial charge in [-0.3, -0.25) is 4.99 Å². The third-order valence-corrected chi connectivity index (χ3v) is 1.81. The Kier molecular flexibility index (Phi) is 1.70. The molecule has 1 aromatic carbocycles. The summed E-state index contributed by atoms with van der Waals surface area (Å²) < 4.78 is 4.71. The maximum absolute atomic E-state index is 10.6. The molecule has 1 aromatic rings. The lowest BCUT2D eigenvalue weighted by Crippen LogP contribution is -2.16. The Bertz CT molecular complexity index is 295. The predicted molar refractivity (Wildman–Crippen MR) is 42.6 cm³/mol. The first-order chi connectivity index (χ1) is 5.86. The number of aliphatic imine (C=N–C) groups is 1. The van der Waals surface area contributed by atoms with E-state index in [2.05, 4.69) is 4.99 Å². The van der Waals surface area contributed by atoms with Gasteiger partial charge in [-0.2, -0.15) is 0 Å². The first-order valence-corrected chi connectivity index (χ1v) is 3.79. The summed E-state index contributed by atoms with van der Waals surface area (Å²) in [6, 6.07) is 9.56. The number of hydrogen-bond donors (Lipinski definition) is 0. The van der Waals surface area contributed by atoms with Crippen LogP contribution in [-0.4, -0.2) is 12.7 Å². The average Bonchev–Trinajstić information content (AvgIpc) is 2.54. The molecule has 0 N–H and O–H groups in total. The van der Waals surface area contributed by atoms with Gasteiger partial charge in [0.15, 0.2) is 0 Å². The Balaban J connectivity index is 2.22. The van der Waals surface area contributed by atoms with Gasteiger partial charge in [-0.25, -0.2) is 0 Å². The quantitative estimate of drug-likeness (QED) is 0.602. The van der Waals surface area contributed by atoms with E-state index in [1.165, 1.54) is 0 Å². The fourth-order valence-corrected chi connectivity index (χ4v) is 1.20. The fourth-order valence-electron chi connectivity index (χ4n) is 1.20. The van der Waals surface area contributed by atoms with Crippen LogP contribution in [0, 0.1) is 0 Å². The number of rotatable bonds is 1. The van der Waals surface area contributed by atoms with Gasteiger partial charge in [-0.05, 0) is 5.56 Å². The van der Waals surface area contributed by atoms with Crippen LogP contribution in [0.4, 0.5) is 0 Å². The van der Waals surface area contributed by atoms with Crippen molar-refractivity contribution in [1.29, 1.82) is 0 Å². The molecule has 3 heteroatoms. The lowest BCUT2D eigenvalue weighted by Gasteiger charge is -2.07. The van der Waals surface area contributed by atoms with Crippen LogP contribution in [0.25, 0.3) is 0 Å². The highest BCUT2D eigenvalue weighted by Gasteiger charge is 2.11. The molecule has 0 aliphatic carbocycles. The summed E-state index contributed by atoms with van der Waals surface area (Å²) in [4.78, 5) is 3.80. The van der Waals surface area contributed by atoms with E-state index in [4.69, 9.17) is 4.74 Å². The second-order valence-electron chi connectivity index (χ2n) is 2.63. The minimum absolute atomic E-state index is 0.0984. The molecule has 0 radical (unpaired) electrons. The van der Waals surface area contributed by atoms with Crippen molar-refractivity contribution in [1.82, 2.24) is 0 Å². The molecule has 0 amide bonds. The van der Waals surface area contributed by atoms with Crippen LogP contribution in [0.5, 0.6) is 0 Å². The van der Waals surface area contributed by atoms with E-state index in [0.717, 1.165) is 5.56 Å². The number of nitrogens with zero attached hydrogens (tertiary/aromatic N) is 1. The standard InChI is InChI=1S/C9H9NO2/c11-9-10-8(6-12-9)7-4-2-1-3-5-7/h1-5,8H,6H2,(H,10,11)/p-1. The molecule has 0 aromatic heterocycles. The Morgan fingerprint density at radius 2 is 2.08 bits per heavy atom. The summed E-state index contributed by atoms with van der Waals surface area (Å²) in [6.45, 7) is 0.378. The number of hydrogen-bond acceptors (Lipinski definition) is 3. The molecule has 2 rings (SSSR count). The van der Waals surface area contributed by atoms with Gasteiger partial charge in [0.1, 0.15) is 6.08 Å². The van der Waals surface area contributed by atoms with E-state index in [1.807, 2.05) is 30.3 Å². The average molecular weight is 162 g/mol. The lowest BCUT2D eigenvalue weighted by atomic mass is 10.1. The van der Waals surface area contributed by atoms with Crippen molar-refractivity contribution in [3.8, 4) is 0 Å². The van der Waals surface area contributed by atoms with Crippen LogP contribution >= 0.6 is 0 Å². The molecule has 1 aliphatic heterocycles. The molecule has 1 aliphatic rings. The van der Waals surface area contributed by atoms with Crippen LogP contribution in [0.2, 0.25) is 0 Å². The Morgan fingerprint density at radius 1 is 1.33 bits per heavy atom. The monoisotopic (exact) mass is 162 g/mol. The SMILES string of the molecule is [O-]C1=NC(c2ccccc2)CO1. The van der Waals surface area contributed by atoms with Gasteiger partial charge in [0, 0.05) is 6.61 Å². The van der Waals surface area contributed by atoms with Crippen molar-refractivity contribution in [3.05, 3.63) is 35.9 Å². The van der Waals surface area contributed by atoms with E-state index in [0.29, 0.717) is 6.61 Å². The highest BCUT2D eigenvalue weighted by atomic mass is 16.6. The van der Waals surface area contributed by atoms with Crippen molar-refractivity contribution in [2.75, 3.05) is 6.61 Å². The third kappa shape index (κ3) is 1.25. The smallest absolute Gasteiger partial charge is 0.146 e. The second kappa shape index (κ2) is 2.85. The minimum Gasteiger partial charge on any atom is -0.598 e. The van der Waals surface area contributed by atoms with Crippen LogP contribution < -0.4 is 5.11 Å². The van der Waals surface area contributed by atoms with E-state index >= 15 is 0 Å². The summed E-state index contributed by atoms with van der Waals surface area (Å²) in [5.74, 6) is 0. The van der Waals surface area contributed by atoms with E-state index in [9.17, 15) is 5.11 Å². The van der Waals surface area contributed by atoms with Crippen molar-refractivity contribution in [2.45, 2.75) is 6.04 Å². The largest absolute Gasteiger partial charge is 0.598 e. The third-order valence-electron chi connectivity index (χ3n) is 1.81. The van der Waals surface area contributed by atoms with Gasteiger partial charge < -0.3 is 9.84 Å². The van der Waals surface area contributed by atoms with Crippen LogP contribution in [-0.2, 0) is 4.74 Å². The zero-order valence-corrected chi connectivity index (χ0v) is 6.43. The zero-order valence-electron chi connectivity index (χ0n) is 6.43. The van der Waals surface area contributed by atoms with Crippen molar-refractivity contribution < 1.29 is 9.84 Å². The van der Waals surface area contributed by atoms with E-state index < -0.39 is 6.08 Å². The Labute approximate surface area is 70.3 Å². The molecule has 62 valence electrons. The molecule has 0 saturated heterocycles. The molecule has 12 heavy (non-hydrogen) atoms. The van der Waals surface area contributed by atoms with Crippen LogP contribution in [0.1, 0.15) is 11.6 Å². The molecular formula is C9H8NO2-. The van der Waals surface area contributed by atoms with Crippen molar-refractivity contribution >= 4 is 6.08 Å². The van der Waals surface area contributed by atoms with Gasteiger partial charge in [-0.15, -0.1) is 0 Å². The highest BCUT2D eigenvalue weighted by Crippen LogP contribution is 2.20. The zero-order chi connectivity index (χ0) is 8.39. The molecule has 1 atom stereocenters. The van der Waals surface area contributed by atoms with Crippen LogP contribution in [0.3, 0.4) is 0 Å². The summed E-state index contributed by atoms with van der Waals surface area (Å²) in [6.07, 6.45) is -0.455. The van der Waals surface area contributed by atoms with Gasteiger partial charge in [-0.1, -0.05) is 30.3 Å². The fraction of sp³-hybridized carbons (Fsp3) is 0.222. The first kappa shape index (κ1) is 7.16. The predicted octanol–water partition coefficient (Wildman–Crippen LogP) is 0.474. The van der Waals surface area contributed by atoms with Crippen molar-refractivity contribution in [2.24, 2.45) is 4.99 Å². The maximum atomic E-state index is 10.6. The molecule has 0 spiro atoms. The second-order valence-corrected chi connectivity index (χ2v) is 2.63. The van der Waals surface area contributed by atoms with Gasteiger partial charge in [0.25, 0.3) is 0 Å². The number of ether oxygens (including phenoxy) is 1. The molecule has 1 unspecified atom stereocenters. The Morgan fingerprint density at radius 3 is 2.67 bits per heavy atom. The summed E-state index contributed by atoms with van der Waals surface area (Å²) >= 11 is 0. The summed E-state index contributed by atoms with van der Waals surface area (Å²) in [7, 11) is 0. The Hall–Kier alpha value is -1.51. The molecule has 0 fully saturated rings. The maximum Gasteiger partial charge on any atom is 0.146 e. The van der Waals surface area contributed by atoms with Crippen LogP contribution in [0.15, 0.2) is 35.3 Å². The number of benzene rings is 1. The first-order valence-electron chi connectivity index (χ1n) is 3.79. The molecule has 1 heterocycles. The molecule has 0 bridgehead atoms. The minimum atomic E-state index is -0.455. The van der Waals surface area contributed by atoms with Gasteiger partial charge in [0.05, 0.1) is 6.04 Å². The van der Waals surface area contributed by atoms with Crippen molar-refractivity contribution in [3.63, 3.8) is 0 Å².